The number of hydrogen-bond donors (Lipinski definition) is 2. The van der Waals surface area contributed by atoms with Gasteiger partial charge in [-0.25, -0.2) is 0 Å². The zero-order valence-corrected chi connectivity index (χ0v) is 10.7. The highest BCUT2D eigenvalue weighted by Crippen LogP contribution is 2.23. The molecule has 1 fully saturated rings. The third kappa shape index (κ3) is 3.81. The fraction of sp³-hybridized carbons (Fsp3) is 0.571. The molecule has 98 valence electrons. The maximum atomic E-state index is 7.34. The summed E-state index contributed by atoms with van der Waals surface area (Å²) >= 11 is 0. The predicted octanol–water partition coefficient (Wildman–Crippen LogP) is 2.46. The molecule has 4 nitrogen and oxygen atoms in total. The fourth-order valence-electron chi connectivity index (χ4n) is 2.41. The third-order valence-electron chi connectivity index (χ3n) is 3.45. The largest absolute Gasteiger partial charge is 0.382 e. The van der Waals surface area contributed by atoms with Crippen molar-refractivity contribution in [1.29, 1.82) is 5.41 Å². The molecule has 1 aromatic heterocycles. The maximum absolute atomic E-state index is 7.34. The predicted molar refractivity (Wildman–Crippen MR) is 71.5 cm³/mol. The summed E-state index contributed by atoms with van der Waals surface area (Å²) in [5.41, 5.74) is 6.96. The highest BCUT2D eigenvalue weighted by Gasteiger charge is 2.13. The van der Waals surface area contributed by atoms with Crippen LogP contribution < -0.4 is 5.73 Å². The molecule has 0 atom stereocenters. The van der Waals surface area contributed by atoms with E-state index < -0.39 is 0 Å². The number of amidine groups is 1. The van der Waals surface area contributed by atoms with Crippen molar-refractivity contribution in [3.63, 3.8) is 0 Å². The van der Waals surface area contributed by atoms with E-state index in [4.69, 9.17) is 15.9 Å². The molecule has 0 spiro atoms. The molecule has 1 saturated carbocycles. The van der Waals surface area contributed by atoms with Crippen molar-refractivity contribution in [2.45, 2.75) is 38.7 Å². The van der Waals surface area contributed by atoms with Crippen molar-refractivity contribution >= 4 is 5.84 Å². The van der Waals surface area contributed by atoms with Crippen molar-refractivity contribution in [2.75, 3.05) is 6.61 Å². The summed E-state index contributed by atoms with van der Waals surface area (Å²) in [4.78, 5) is 4.03. The lowest BCUT2D eigenvalue weighted by Crippen LogP contribution is -2.15. The molecule has 1 aromatic rings. The van der Waals surface area contributed by atoms with Gasteiger partial charge in [-0.15, -0.1) is 0 Å². The molecule has 0 unspecified atom stereocenters. The van der Waals surface area contributed by atoms with Gasteiger partial charge in [0.15, 0.2) is 0 Å². The highest BCUT2D eigenvalue weighted by atomic mass is 16.5. The second-order valence-electron chi connectivity index (χ2n) is 4.98. The Morgan fingerprint density at radius 3 is 2.89 bits per heavy atom. The Balaban J connectivity index is 1.78. The molecule has 0 bridgehead atoms. The number of pyridine rings is 1. The van der Waals surface area contributed by atoms with Crippen LogP contribution >= 0.6 is 0 Å². The van der Waals surface area contributed by atoms with Crippen molar-refractivity contribution in [3.05, 3.63) is 29.6 Å². The van der Waals surface area contributed by atoms with Crippen LogP contribution in [-0.4, -0.2) is 17.4 Å². The van der Waals surface area contributed by atoms with Crippen LogP contribution in [0, 0.1) is 11.3 Å². The monoisotopic (exact) mass is 247 g/mol. The lowest BCUT2D eigenvalue weighted by Gasteiger charge is -2.21. The minimum absolute atomic E-state index is 0.00382. The van der Waals surface area contributed by atoms with Gasteiger partial charge in [-0.05, 0) is 36.5 Å². The summed E-state index contributed by atoms with van der Waals surface area (Å²) in [5.74, 6) is 0.733. The first-order valence-corrected chi connectivity index (χ1v) is 6.63. The number of nitrogen functional groups attached to an aromatic ring is 1. The van der Waals surface area contributed by atoms with Crippen LogP contribution in [0.3, 0.4) is 0 Å². The summed E-state index contributed by atoms with van der Waals surface area (Å²) in [6, 6.07) is 3.73. The molecule has 0 amide bonds. The first kappa shape index (κ1) is 13.0. The van der Waals surface area contributed by atoms with Gasteiger partial charge >= 0.3 is 0 Å². The lowest BCUT2D eigenvalue weighted by molar-refractivity contribution is 0.0739. The van der Waals surface area contributed by atoms with Gasteiger partial charge in [-0.1, -0.05) is 19.3 Å². The quantitative estimate of drug-likeness (QED) is 0.620. The molecule has 0 radical (unpaired) electrons. The number of ether oxygens (including phenoxy) is 1. The van der Waals surface area contributed by atoms with Gasteiger partial charge in [0.2, 0.25) is 0 Å². The summed E-state index contributed by atoms with van der Waals surface area (Å²) in [6.45, 7) is 1.43. The Labute approximate surface area is 108 Å². The minimum Gasteiger partial charge on any atom is -0.382 e. The highest BCUT2D eigenvalue weighted by molar-refractivity contribution is 5.93. The van der Waals surface area contributed by atoms with Crippen molar-refractivity contribution in [3.8, 4) is 0 Å². The molecule has 4 heteroatoms. The Hall–Kier alpha value is -1.42. The van der Waals surface area contributed by atoms with E-state index in [0.717, 1.165) is 18.1 Å². The second-order valence-corrected chi connectivity index (χ2v) is 4.98. The van der Waals surface area contributed by atoms with Gasteiger partial charge in [-0.3, -0.25) is 10.4 Å². The van der Waals surface area contributed by atoms with Crippen molar-refractivity contribution in [1.82, 2.24) is 4.98 Å². The Bertz CT molecular complexity index is 400. The number of nitrogens with two attached hydrogens (primary N) is 1. The van der Waals surface area contributed by atoms with E-state index in [-0.39, 0.29) is 5.84 Å². The van der Waals surface area contributed by atoms with Crippen molar-refractivity contribution in [2.24, 2.45) is 11.7 Å². The lowest BCUT2D eigenvalue weighted by atomic mass is 9.90. The summed E-state index contributed by atoms with van der Waals surface area (Å²) in [5, 5.41) is 7.34. The first-order chi connectivity index (χ1) is 8.75. The first-order valence-electron chi connectivity index (χ1n) is 6.63. The third-order valence-corrected chi connectivity index (χ3v) is 3.45. The number of hydrogen-bond acceptors (Lipinski definition) is 3. The SMILES string of the molecule is N=C(N)c1cc(COCC2CCCCC2)ccn1. The average molecular weight is 247 g/mol. The topological polar surface area (TPSA) is 72.0 Å². The molecule has 1 aliphatic rings. The number of aromatic nitrogens is 1. The van der Waals surface area contributed by atoms with E-state index >= 15 is 0 Å². The van der Waals surface area contributed by atoms with Gasteiger partial charge in [0.25, 0.3) is 0 Å². The zero-order valence-electron chi connectivity index (χ0n) is 10.7. The van der Waals surface area contributed by atoms with E-state index in [2.05, 4.69) is 4.98 Å². The van der Waals surface area contributed by atoms with Crippen LogP contribution in [0.25, 0.3) is 0 Å². The molecule has 2 rings (SSSR count). The Morgan fingerprint density at radius 1 is 1.39 bits per heavy atom. The van der Waals surface area contributed by atoms with Crippen LogP contribution in [0.15, 0.2) is 18.3 Å². The molecule has 1 heterocycles. The van der Waals surface area contributed by atoms with Crippen LogP contribution in [0.5, 0.6) is 0 Å². The number of nitrogens with zero attached hydrogens (tertiary/aromatic N) is 1. The molecular formula is C14H21N3O. The molecule has 0 saturated heterocycles. The van der Waals surface area contributed by atoms with Crippen LogP contribution in [0.1, 0.15) is 43.4 Å². The molecular weight excluding hydrogens is 226 g/mol. The van der Waals surface area contributed by atoms with Gasteiger partial charge < -0.3 is 10.5 Å². The van der Waals surface area contributed by atoms with E-state index in [1.807, 2.05) is 12.1 Å². The van der Waals surface area contributed by atoms with Crippen LogP contribution in [0.4, 0.5) is 0 Å². The Kier molecular flexibility index (Phi) is 4.70. The second kappa shape index (κ2) is 6.50. The minimum atomic E-state index is 0.00382. The van der Waals surface area contributed by atoms with E-state index in [9.17, 15) is 0 Å². The summed E-state index contributed by atoms with van der Waals surface area (Å²) < 4.78 is 5.75. The van der Waals surface area contributed by atoms with E-state index in [1.165, 1.54) is 32.1 Å². The number of rotatable bonds is 5. The smallest absolute Gasteiger partial charge is 0.141 e. The van der Waals surface area contributed by atoms with E-state index in [0.29, 0.717) is 12.3 Å². The fourth-order valence-corrected chi connectivity index (χ4v) is 2.41. The molecule has 0 aromatic carbocycles. The molecule has 3 N–H and O–H groups in total. The summed E-state index contributed by atoms with van der Waals surface area (Å²) in [7, 11) is 0. The maximum Gasteiger partial charge on any atom is 0.141 e. The average Bonchev–Trinajstić information content (AvgIpc) is 2.40. The molecule has 18 heavy (non-hydrogen) atoms. The molecule has 1 aliphatic carbocycles. The van der Waals surface area contributed by atoms with Gasteiger partial charge in [-0.2, -0.15) is 0 Å². The summed E-state index contributed by atoms with van der Waals surface area (Å²) in [6.07, 6.45) is 8.35. The van der Waals surface area contributed by atoms with E-state index in [1.54, 1.807) is 6.20 Å². The Morgan fingerprint density at radius 2 is 2.17 bits per heavy atom. The normalized spacial score (nSPS) is 16.7. The standard InChI is InChI=1S/C14H21N3O/c15-14(16)13-8-12(6-7-17-13)10-18-9-11-4-2-1-3-5-11/h6-8,11H,1-5,9-10H2,(H3,15,16). The zero-order chi connectivity index (χ0) is 12.8. The number of nitrogens with one attached hydrogen (secondary N) is 1. The van der Waals surface area contributed by atoms with Crippen molar-refractivity contribution < 1.29 is 4.74 Å². The van der Waals surface area contributed by atoms with Gasteiger partial charge in [0.1, 0.15) is 11.5 Å². The van der Waals surface area contributed by atoms with Gasteiger partial charge in [0.05, 0.1) is 6.61 Å². The van der Waals surface area contributed by atoms with Crippen LogP contribution in [-0.2, 0) is 11.3 Å². The molecule has 0 aliphatic heterocycles. The van der Waals surface area contributed by atoms with Gasteiger partial charge in [0, 0.05) is 12.8 Å². The van der Waals surface area contributed by atoms with Crippen LogP contribution in [0.2, 0.25) is 0 Å².